The number of para-hydroxylation sites is 1. The first-order chi connectivity index (χ1) is 8.18. The van der Waals surface area contributed by atoms with Crippen LogP contribution in [0.1, 0.15) is 24.8 Å². The number of rotatable bonds is 3. The number of ether oxygens (including phenoxy) is 1. The summed E-state index contributed by atoms with van der Waals surface area (Å²) in [6.07, 6.45) is 4.48. The first kappa shape index (κ1) is 10.9. The molecule has 1 fully saturated rings. The summed E-state index contributed by atoms with van der Waals surface area (Å²) in [5.74, 6) is 1.07. The number of benzene rings is 1. The van der Waals surface area contributed by atoms with Crippen molar-refractivity contribution in [1.29, 1.82) is 0 Å². The Hall–Kier alpha value is -1.22. The van der Waals surface area contributed by atoms with E-state index in [1.165, 1.54) is 24.1 Å². The monoisotopic (exact) mass is 232 g/mol. The third kappa shape index (κ3) is 2.12. The Morgan fingerprint density at radius 3 is 3.00 bits per heavy atom. The maximum absolute atomic E-state index is 6.15. The fourth-order valence-corrected chi connectivity index (χ4v) is 2.43. The fourth-order valence-electron chi connectivity index (χ4n) is 2.43. The first-order valence-corrected chi connectivity index (χ1v) is 6.43. The number of nitrogens with two attached hydrogens (primary N) is 1. The zero-order valence-corrected chi connectivity index (χ0v) is 10.4. The summed E-state index contributed by atoms with van der Waals surface area (Å²) in [6, 6.07) is 6.42. The number of nitrogens with zero attached hydrogens (tertiary/aromatic N) is 1. The molecule has 17 heavy (non-hydrogen) atoms. The van der Waals surface area contributed by atoms with Crippen LogP contribution >= 0.6 is 0 Å². The lowest BCUT2D eigenvalue weighted by Gasteiger charge is -2.29. The van der Waals surface area contributed by atoms with Gasteiger partial charge in [0.25, 0.3) is 0 Å². The van der Waals surface area contributed by atoms with Crippen molar-refractivity contribution in [3.63, 3.8) is 0 Å². The van der Waals surface area contributed by atoms with Crippen molar-refractivity contribution < 1.29 is 4.74 Å². The molecule has 1 saturated carbocycles. The minimum atomic E-state index is 0.128. The van der Waals surface area contributed by atoms with Gasteiger partial charge < -0.3 is 15.4 Å². The third-order valence-electron chi connectivity index (χ3n) is 3.94. The number of likely N-dealkylation sites (N-methyl/N-ethyl adjacent to an activating group) is 1. The summed E-state index contributed by atoms with van der Waals surface area (Å²) in [4.78, 5) is 2.26. The molecule has 3 nitrogen and oxygen atoms in total. The highest BCUT2D eigenvalue weighted by atomic mass is 16.5. The van der Waals surface area contributed by atoms with Crippen LogP contribution in [0, 0.1) is 0 Å². The number of hydrogen-bond acceptors (Lipinski definition) is 3. The van der Waals surface area contributed by atoms with Gasteiger partial charge in [0.2, 0.25) is 0 Å². The van der Waals surface area contributed by atoms with Gasteiger partial charge in [0.15, 0.2) is 0 Å². The first-order valence-electron chi connectivity index (χ1n) is 6.43. The molecule has 1 aromatic carbocycles. The maximum atomic E-state index is 6.15. The lowest BCUT2D eigenvalue weighted by atomic mass is 10.0. The molecule has 92 valence electrons. The number of aryl methyl sites for hydroxylation is 1. The SMILES string of the molecule is CN1CCOc2c(CCC3(N)CC3)cccc21. The summed E-state index contributed by atoms with van der Waals surface area (Å²) >= 11 is 0. The molecule has 3 rings (SSSR count). The molecule has 2 N–H and O–H groups in total. The zero-order chi connectivity index (χ0) is 11.9. The van der Waals surface area contributed by atoms with Crippen molar-refractivity contribution in [3.05, 3.63) is 23.8 Å². The largest absolute Gasteiger partial charge is 0.489 e. The van der Waals surface area contributed by atoms with Gasteiger partial charge in [-0.3, -0.25) is 0 Å². The summed E-state index contributed by atoms with van der Waals surface area (Å²) in [5.41, 5.74) is 8.80. The summed E-state index contributed by atoms with van der Waals surface area (Å²) in [5, 5.41) is 0. The third-order valence-corrected chi connectivity index (χ3v) is 3.94. The molecule has 0 aromatic heterocycles. The van der Waals surface area contributed by atoms with Crippen molar-refractivity contribution in [2.24, 2.45) is 5.73 Å². The predicted molar refractivity (Wildman–Crippen MR) is 69.7 cm³/mol. The van der Waals surface area contributed by atoms with E-state index in [1.54, 1.807) is 0 Å². The highest BCUT2D eigenvalue weighted by molar-refractivity contribution is 5.62. The number of hydrogen-bond donors (Lipinski definition) is 1. The molecule has 0 spiro atoms. The minimum Gasteiger partial charge on any atom is -0.489 e. The van der Waals surface area contributed by atoms with E-state index in [2.05, 4.69) is 30.1 Å². The molecule has 0 atom stereocenters. The Morgan fingerprint density at radius 2 is 2.24 bits per heavy atom. The molecular weight excluding hydrogens is 212 g/mol. The Morgan fingerprint density at radius 1 is 1.41 bits per heavy atom. The van der Waals surface area contributed by atoms with Crippen molar-refractivity contribution in [3.8, 4) is 5.75 Å². The molecule has 0 amide bonds. The highest BCUT2D eigenvalue weighted by Gasteiger charge is 2.37. The van der Waals surface area contributed by atoms with Crippen molar-refractivity contribution in [2.45, 2.75) is 31.2 Å². The Bertz CT molecular complexity index is 426. The van der Waals surface area contributed by atoms with Crippen LogP contribution in [-0.4, -0.2) is 25.7 Å². The van der Waals surface area contributed by atoms with Gasteiger partial charge in [-0.1, -0.05) is 12.1 Å². The molecule has 0 saturated heterocycles. The lowest BCUT2D eigenvalue weighted by molar-refractivity contribution is 0.307. The normalized spacial score (nSPS) is 20.7. The van der Waals surface area contributed by atoms with Gasteiger partial charge >= 0.3 is 0 Å². The van der Waals surface area contributed by atoms with Gasteiger partial charge in [0.05, 0.1) is 12.2 Å². The van der Waals surface area contributed by atoms with Crippen molar-refractivity contribution >= 4 is 5.69 Å². The van der Waals surface area contributed by atoms with E-state index in [1.807, 2.05) is 0 Å². The van der Waals surface area contributed by atoms with Crippen LogP contribution in [0.5, 0.6) is 5.75 Å². The van der Waals surface area contributed by atoms with Crippen LogP contribution in [-0.2, 0) is 6.42 Å². The van der Waals surface area contributed by atoms with Gasteiger partial charge in [-0.2, -0.15) is 0 Å². The van der Waals surface area contributed by atoms with Crippen LogP contribution in [0.4, 0.5) is 5.69 Å². The average Bonchev–Trinajstić information content (AvgIpc) is 3.06. The average molecular weight is 232 g/mol. The summed E-state index contributed by atoms with van der Waals surface area (Å²) in [6.45, 7) is 1.76. The van der Waals surface area contributed by atoms with Crippen LogP contribution in [0.15, 0.2) is 18.2 Å². The van der Waals surface area contributed by atoms with Gasteiger partial charge in [-0.15, -0.1) is 0 Å². The van der Waals surface area contributed by atoms with Gasteiger partial charge in [-0.05, 0) is 37.3 Å². The minimum absolute atomic E-state index is 0.128. The van der Waals surface area contributed by atoms with E-state index < -0.39 is 0 Å². The Kier molecular flexibility index (Phi) is 2.51. The lowest BCUT2D eigenvalue weighted by Crippen LogP contribution is -2.29. The maximum Gasteiger partial charge on any atom is 0.145 e. The van der Waals surface area contributed by atoms with Gasteiger partial charge in [-0.25, -0.2) is 0 Å². The van der Waals surface area contributed by atoms with Crippen LogP contribution in [0.3, 0.4) is 0 Å². The van der Waals surface area contributed by atoms with E-state index in [0.717, 1.165) is 31.7 Å². The van der Waals surface area contributed by atoms with E-state index in [9.17, 15) is 0 Å². The van der Waals surface area contributed by atoms with E-state index in [-0.39, 0.29) is 5.54 Å². The van der Waals surface area contributed by atoms with E-state index >= 15 is 0 Å². The standard InChI is InChI=1S/C14H20N2O/c1-16-9-10-17-13-11(3-2-4-12(13)16)5-6-14(15)7-8-14/h2-4H,5-10,15H2,1H3. The second kappa shape index (κ2) is 3.91. The molecule has 1 aliphatic carbocycles. The molecule has 1 aliphatic heterocycles. The topological polar surface area (TPSA) is 38.5 Å². The second-order valence-corrected chi connectivity index (χ2v) is 5.40. The van der Waals surface area contributed by atoms with E-state index in [0.29, 0.717) is 0 Å². The quantitative estimate of drug-likeness (QED) is 0.865. The van der Waals surface area contributed by atoms with Gasteiger partial charge in [0.1, 0.15) is 12.4 Å². The van der Waals surface area contributed by atoms with Crippen LogP contribution in [0.25, 0.3) is 0 Å². The number of anilines is 1. The fraction of sp³-hybridized carbons (Fsp3) is 0.571. The van der Waals surface area contributed by atoms with E-state index in [4.69, 9.17) is 10.5 Å². The van der Waals surface area contributed by atoms with Crippen LogP contribution in [0.2, 0.25) is 0 Å². The van der Waals surface area contributed by atoms with Crippen molar-refractivity contribution in [1.82, 2.24) is 0 Å². The Balaban J connectivity index is 1.81. The highest BCUT2D eigenvalue weighted by Crippen LogP contribution is 2.39. The van der Waals surface area contributed by atoms with Gasteiger partial charge in [0, 0.05) is 12.6 Å². The van der Waals surface area contributed by atoms with Crippen LogP contribution < -0.4 is 15.4 Å². The smallest absolute Gasteiger partial charge is 0.145 e. The number of fused-ring (bicyclic) bond motifs is 1. The molecule has 1 heterocycles. The molecule has 3 heteroatoms. The van der Waals surface area contributed by atoms with Crippen molar-refractivity contribution in [2.75, 3.05) is 25.1 Å². The molecule has 0 radical (unpaired) electrons. The molecule has 1 aromatic rings. The Labute approximate surface area is 103 Å². The summed E-state index contributed by atoms with van der Waals surface area (Å²) < 4.78 is 5.83. The molecular formula is C14H20N2O. The zero-order valence-electron chi connectivity index (χ0n) is 10.4. The molecule has 0 unspecified atom stereocenters. The molecule has 2 aliphatic rings. The summed E-state index contributed by atoms with van der Waals surface area (Å²) in [7, 11) is 2.12. The predicted octanol–water partition coefficient (Wildman–Crippen LogP) is 1.94. The second-order valence-electron chi connectivity index (χ2n) is 5.40. The molecule has 0 bridgehead atoms.